The van der Waals surface area contributed by atoms with Crippen molar-refractivity contribution in [2.45, 2.75) is 38.8 Å². The largest absolute Gasteiger partial charge is 0.453 e. The second-order valence-corrected chi connectivity index (χ2v) is 6.44. The van der Waals surface area contributed by atoms with Crippen LogP contribution >= 0.6 is 0 Å². The Kier molecular flexibility index (Phi) is 5.55. The molecule has 0 bridgehead atoms. The van der Waals surface area contributed by atoms with Gasteiger partial charge in [0, 0.05) is 18.2 Å². The summed E-state index contributed by atoms with van der Waals surface area (Å²) < 4.78 is 10.1. The van der Waals surface area contributed by atoms with E-state index >= 15 is 0 Å². The van der Waals surface area contributed by atoms with Gasteiger partial charge in [0.25, 0.3) is 0 Å². The molecule has 26 heavy (non-hydrogen) atoms. The number of carbonyl (C=O) groups is 2. The normalized spacial score (nSPS) is 17.0. The highest BCUT2D eigenvalue weighted by atomic mass is 16.5. The van der Waals surface area contributed by atoms with Crippen LogP contribution in [0.4, 0.5) is 4.79 Å². The first-order chi connectivity index (χ1) is 12.6. The van der Waals surface area contributed by atoms with Crippen LogP contribution in [0.5, 0.6) is 0 Å². The summed E-state index contributed by atoms with van der Waals surface area (Å²) in [4.78, 5) is 25.8. The van der Waals surface area contributed by atoms with Gasteiger partial charge in [-0.25, -0.2) is 4.79 Å². The third kappa shape index (κ3) is 4.04. The summed E-state index contributed by atoms with van der Waals surface area (Å²) in [5, 5.41) is 6.85. The Morgan fingerprint density at radius 3 is 2.81 bits per heavy atom. The predicted molar refractivity (Wildman–Crippen MR) is 95.3 cm³/mol. The fourth-order valence-corrected chi connectivity index (χ4v) is 3.08. The Morgan fingerprint density at radius 2 is 2.08 bits per heavy atom. The van der Waals surface area contributed by atoms with Gasteiger partial charge in [0.15, 0.2) is 5.76 Å². The molecule has 1 atom stereocenters. The summed E-state index contributed by atoms with van der Waals surface area (Å²) in [6, 6.07) is 9.25. The number of aryl methyl sites for hydroxylation is 1. The molecule has 0 spiro atoms. The molecule has 3 rings (SSSR count). The minimum Gasteiger partial charge on any atom is -0.453 e. The molecule has 138 valence electrons. The van der Waals surface area contributed by atoms with Crippen molar-refractivity contribution in [1.82, 2.24) is 15.4 Å². The topological polar surface area (TPSA) is 84.7 Å². The lowest BCUT2D eigenvalue weighted by molar-refractivity contribution is -0.127. The van der Waals surface area contributed by atoms with Crippen LogP contribution in [0.15, 0.2) is 34.9 Å². The Bertz CT molecular complexity index is 769. The first-order valence-corrected chi connectivity index (χ1v) is 8.73. The lowest BCUT2D eigenvalue weighted by Crippen LogP contribution is -2.51. The number of piperidine rings is 1. The summed E-state index contributed by atoms with van der Waals surface area (Å²) in [6.45, 7) is 2.81. The highest BCUT2D eigenvalue weighted by molar-refractivity contribution is 5.85. The van der Waals surface area contributed by atoms with E-state index in [1.165, 1.54) is 17.6 Å². The summed E-state index contributed by atoms with van der Waals surface area (Å²) in [6.07, 6.45) is 1.96. The number of methoxy groups -OCH3 is 1. The average Bonchev–Trinajstić information content (AvgIpc) is 3.15. The number of nitrogens with zero attached hydrogens (tertiary/aromatic N) is 2. The van der Waals surface area contributed by atoms with E-state index in [1.54, 1.807) is 0 Å². The van der Waals surface area contributed by atoms with E-state index in [1.807, 2.05) is 37.3 Å². The van der Waals surface area contributed by atoms with Crippen LogP contribution in [0.1, 0.15) is 30.5 Å². The molecule has 1 N–H and O–H groups in total. The van der Waals surface area contributed by atoms with E-state index in [-0.39, 0.29) is 12.5 Å². The smallest absolute Gasteiger partial charge is 0.410 e. The molecule has 1 aromatic heterocycles. The number of hydrogen-bond acceptors (Lipinski definition) is 5. The maximum atomic E-state index is 12.5. The number of nitrogens with one attached hydrogen (secondary N) is 1. The SMILES string of the molecule is COC(=O)N1CCCCC1C(=O)NCc1cc(-c2ccc(C)cc2)on1. The van der Waals surface area contributed by atoms with E-state index < -0.39 is 12.1 Å². The fourth-order valence-electron chi connectivity index (χ4n) is 3.08. The van der Waals surface area contributed by atoms with Crippen LogP contribution < -0.4 is 5.32 Å². The van der Waals surface area contributed by atoms with Gasteiger partial charge in [-0.2, -0.15) is 0 Å². The van der Waals surface area contributed by atoms with E-state index in [0.717, 1.165) is 18.4 Å². The zero-order chi connectivity index (χ0) is 18.5. The Balaban J connectivity index is 1.60. The zero-order valence-electron chi connectivity index (χ0n) is 15.0. The van der Waals surface area contributed by atoms with Crippen molar-refractivity contribution >= 4 is 12.0 Å². The maximum Gasteiger partial charge on any atom is 0.410 e. The molecule has 2 amide bonds. The van der Waals surface area contributed by atoms with Gasteiger partial charge in [0.2, 0.25) is 5.91 Å². The van der Waals surface area contributed by atoms with Gasteiger partial charge < -0.3 is 14.6 Å². The molecule has 1 aliphatic rings. The molecular weight excluding hydrogens is 334 g/mol. The third-order valence-electron chi connectivity index (χ3n) is 4.55. The Morgan fingerprint density at radius 1 is 1.31 bits per heavy atom. The van der Waals surface area contributed by atoms with Crippen LogP contribution in [0, 0.1) is 6.92 Å². The van der Waals surface area contributed by atoms with E-state index in [2.05, 4.69) is 10.5 Å². The summed E-state index contributed by atoms with van der Waals surface area (Å²) in [5.41, 5.74) is 2.74. The van der Waals surface area contributed by atoms with Gasteiger partial charge in [-0.1, -0.05) is 35.0 Å². The van der Waals surface area contributed by atoms with Crippen molar-refractivity contribution in [2.24, 2.45) is 0 Å². The number of hydrogen-bond donors (Lipinski definition) is 1. The standard InChI is InChI=1S/C19H23N3O4/c1-13-6-8-14(9-7-13)17-11-15(21-26-17)12-20-18(23)16-5-3-4-10-22(16)19(24)25-2/h6-9,11,16H,3-5,10,12H2,1-2H3,(H,20,23). The van der Waals surface area contributed by atoms with Gasteiger partial charge in [-0.15, -0.1) is 0 Å². The summed E-state index contributed by atoms with van der Waals surface area (Å²) >= 11 is 0. The fraction of sp³-hybridized carbons (Fsp3) is 0.421. The monoisotopic (exact) mass is 357 g/mol. The van der Waals surface area contributed by atoms with Crippen LogP contribution in [0.3, 0.4) is 0 Å². The van der Waals surface area contributed by atoms with Gasteiger partial charge in [0.1, 0.15) is 11.7 Å². The number of rotatable bonds is 4. The molecule has 2 heterocycles. The van der Waals surface area contributed by atoms with Gasteiger partial charge >= 0.3 is 6.09 Å². The van der Waals surface area contributed by atoms with Crippen LogP contribution in [-0.2, 0) is 16.1 Å². The number of likely N-dealkylation sites (tertiary alicyclic amines) is 1. The number of amides is 2. The maximum absolute atomic E-state index is 12.5. The van der Waals surface area contributed by atoms with Crippen molar-refractivity contribution < 1.29 is 18.8 Å². The first-order valence-electron chi connectivity index (χ1n) is 8.73. The third-order valence-corrected chi connectivity index (χ3v) is 4.55. The Hall–Kier alpha value is -2.83. The lowest BCUT2D eigenvalue weighted by Gasteiger charge is -2.33. The first kappa shape index (κ1) is 18.0. The van der Waals surface area contributed by atoms with Crippen molar-refractivity contribution in [3.8, 4) is 11.3 Å². The quantitative estimate of drug-likeness (QED) is 0.909. The second-order valence-electron chi connectivity index (χ2n) is 6.44. The molecule has 0 radical (unpaired) electrons. The highest BCUT2D eigenvalue weighted by Crippen LogP contribution is 2.21. The Labute approximate surface area is 152 Å². The van der Waals surface area contributed by atoms with Crippen molar-refractivity contribution in [3.05, 3.63) is 41.6 Å². The molecule has 7 nitrogen and oxygen atoms in total. The van der Waals surface area contributed by atoms with Crippen molar-refractivity contribution in [3.63, 3.8) is 0 Å². The van der Waals surface area contributed by atoms with Crippen molar-refractivity contribution in [2.75, 3.05) is 13.7 Å². The zero-order valence-corrected chi connectivity index (χ0v) is 15.0. The van der Waals surface area contributed by atoms with Gasteiger partial charge in [0.05, 0.1) is 13.7 Å². The molecule has 1 unspecified atom stereocenters. The highest BCUT2D eigenvalue weighted by Gasteiger charge is 2.32. The molecule has 1 aliphatic heterocycles. The number of aromatic nitrogens is 1. The molecule has 7 heteroatoms. The van der Waals surface area contributed by atoms with E-state index in [4.69, 9.17) is 9.26 Å². The minimum absolute atomic E-state index is 0.199. The lowest BCUT2D eigenvalue weighted by atomic mass is 10.0. The van der Waals surface area contributed by atoms with Crippen molar-refractivity contribution in [1.29, 1.82) is 0 Å². The number of carbonyl (C=O) groups excluding carboxylic acids is 2. The van der Waals surface area contributed by atoms with Crippen LogP contribution in [-0.4, -0.2) is 41.8 Å². The predicted octanol–water partition coefficient (Wildman–Crippen LogP) is 2.89. The number of ether oxygens (including phenoxy) is 1. The molecular formula is C19H23N3O4. The summed E-state index contributed by atoms with van der Waals surface area (Å²) in [7, 11) is 1.33. The average molecular weight is 357 g/mol. The summed E-state index contributed by atoms with van der Waals surface area (Å²) in [5.74, 6) is 0.457. The molecule has 0 saturated carbocycles. The molecule has 0 aliphatic carbocycles. The van der Waals surface area contributed by atoms with Gasteiger partial charge in [-0.05, 0) is 26.2 Å². The number of benzene rings is 1. The minimum atomic E-state index is -0.500. The molecule has 1 fully saturated rings. The van der Waals surface area contributed by atoms with Crippen LogP contribution in [0.25, 0.3) is 11.3 Å². The second kappa shape index (κ2) is 8.03. The van der Waals surface area contributed by atoms with E-state index in [0.29, 0.717) is 24.4 Å². The molecule has 2 aromatic rings. The van der Waals surface area contributed by atoms with Crippen LogP contribution in [0.2, 0.25) is 0 Å². The molecule has 1 saturated heterocycles. The van der Waals surface area contributed by atoms with Gasteiger partial charge in [-0.3, -0.25) is 9.69 Å². The molecule has 1 aromatic carbocycles. The van der Waals surface area contributed by atoms with E-state index in [9.17, 15) is 9.59 Å².